The average molecular weight is 467 g/mol. The Morgan fingerprint density at radius 2 is 2.06 bits per heavy atom. The first-order valence-electron chi connectivity index (χ1n) is 10.5. The summed E-state index contributed by atoms with van der Waals surface area (Å²) >= 11 is 6.46. The van der Waals surface area contributed by atoms with Crippen molar-refractivity contribution in [2.75, 3.05) is 6.54 Å². The highest BCUT2D eigenvalue weighted by Gasteiger charge is 2.28. The molecule has 3 rings (SSSR count). The van der Waals surface area contributed by atoms with Crippen molar-refractivity contribution in [3.05, 3.63) is 59.5 Å². The zero-order chi connectivity index (χ0) is 23.3. The summed E-state index contributed by atoms with van der Waals surface area (Å²) in [7, 11) is 0. The molecule has 2 amide bonds. The highest BCUT2D eigenvalue weighted by Crippen LogP contribution is 2.29. The van der Waals surface area contributed by atoms with Crippen LogP contribution in [-0.4, -0.2) is 39.1 Å². The largest absolute Gasteiger partial charge is 0.389 e. The van der Waals surface area contributed by atoms with E-state index in [0.29, 0.717) is 24.5 Å². The molecule has 0 saturated heterocycles. The number of alkyl halides is 3. The summed E-state index contributed by atoms with van der Waals surface area (Å²) in [4.78, 5) is 18.5. The predicted octanol–water partition coefficient (Wildman–Crippen LogP) is 6.31. The third-order valence-electron chi connectivity index (χ3n) is 5.36. The van der Waals surface area contributed by atoms with Crippen LogP contribution in [-0.2, 0) is 6.54 Å². The summed E-state index contributed by atoms with van der Waals surface area (Å²) < 4.78 is 39.5. The Labute approximate surface area is 190 Å². The van der Waals surface area contributed by atoms with Gasteiger partial charge in [0.15, 0.2) is 0 Å². The van der Waals surface area contributed by atoms with Crippen LogP contribution in [0.4, 0.5) is 18.0 Å². The second-order valence-electron chi connectivity index (χ2n) is 7.65. The summed E-state index contributed by atoms with van der Waals surface area (Å²) in [5.41, 5.74) is 3.38. The zero-order valence-electron chi connectivity index (χ0n) is 18.0. The summed E-state index contributed by atoms with van der Waals surface area (Å²) in [6.07, 6.45) is 0.595. The molecule has 0 aliphatic heterocycles. The third-order valence-corrected chi connectivity index (χ3v) is 5.67. The Bertz CT molecular complexity index is 1070. The van der Waals surface area contributed by atoms with Gasteiger partial charge in [-0.05, 0) is 37.0 Å². The minimum atomic E-state index is -4.23. The van der Waals surface area contributed by atoms with Gasteiger partial charge in [0.2, 0.25) is 0 Å². The molecule has 0 aliphatic rings. The quantitative estimate of drug-likeness (QED) is 0.423. The molecule has 5 nitrogen and oxygen atoms in total. The SMILES string of the molecule is CCC(CCC(F)(F)F)NC(=O)N(CC)Cc1cccc(-c2cn3ccnc3cc2Cl)c1. The van der Waals surface area contributed by atoms with E-state index >= 15 is 0 Å². The van der Waals surface area contributed by atoms with Crippen LogP contribution in [0.1, 0.15) is 38.7 Å². The van der Waals surface area contributed by atoms with E-state index < -0.39 is 18.6 Å². The molecular weight excluding hydrogens is 441 g/mol. The lowest BCUT2D eigenvalue weighted by molar-refractivity contribution is -0.136. The van der Waals surface area contributed by atoms with Gasteiger partial charge in [-0.25, -0.2) is 9.78 Å². The number of carbonyl (C=O) groups is 1. The van der Waals surface area contributed by atoms with Gasteiger partial charge in [0.1, 0.15) is 5.65 Å². The number of fused-ring (bicyclic) bond motifs is 1. The third kappa shape index (κ3) is 6.16. The highest BCUT2D eigenvalue weighted by molar-refractivity contribution is 6.33. The lowest BCUT2D eigenvalue weighted by Gasteiger charge is -2.25. The van der Waals surface area contributed by atoms with Crippen LogP contribution < -0.4 is 5.32 Å². The molecule has 0 spiro atoms. The van der Waals surface area contributed by atoms with Crippen LogP contribution in [0.15, 0.2) is 48.9 Å². The van der Waals surface area contributed by atoms with Gasteiger partial charge in [0.05, 0.1) is 5.02 Å². The molecule has 0 fully saturated rings. The maximum Gasteiger partial charge on any atom is 0.389 e. The average Bonchev–Trinajstić information content (AvgIpc) is 3.20. The smallest absolute Gasteiger partial charge is 0.335 e. The van der Waals surface area contributed by atoms with Gasteiger partial charge >= 0.3 is 12.2 Å². The summed E-state index contributed by atoms with van der Waals surface area (Å²) in [6, 6.07) is 8.60. The van der Waals surface area contributed by atoms with E-state index in [4.69, 9.17) is 11.6 Å². The number of imidazole rings is 1. The van der Waals surface area contributed by atoms with Crippen LogP contribution in [0, 0.1) is 0 Å². The van der Waals surface area contributed by atoms with Crippen molar-refractivity contribution in [1.82, 2.24) is 19.6 Å². The van der Waals surface area contributed by atoms with E-state index in [1.165, 1.54) is 0 Å². The van der Waals surface area contributed by atoms with E-state index in [-0.39, 0.29) is 12.5 Å². The van der Waals surface area contributed by atoms with Crippen molar-refractivity contribution in [1.29, 1.82) is 0 Å². The second kappa shape index (κ2) is 10.3. The number of hydrogen-bond donors (Lipinski definition) is 1. The van der Waals surface area contributed by atoms with Gasteiger partial charge in [0, 0.05) is 55.8 Å². The number of hydrogen-bond acceptors (Lipinski definition) is 2. The number of amides is 2. The van der Waals surface area contributed by atoms with Crippen molar-refractivity contribution in [2.45, 2.75) is 51.9 Å². The normalized spacial score (nSPS) is 12.7. The van der Waals surface area contributed by atoms with E-state index in [0.717, 1.165) is 22.3 Å². The highest BCUT2D eigenvalue weighted by atomic mass is 35.5. The molecule has 0 bridgehead atoms. The molecule has 1 atom stereocenters. The molecule has 1 aromatic carbocycles. The number of benzene rings is 1. The maximum atomic E-state index is 12.7. The molecule has 1 unspecified atom stereocenters. The molecule has 32 heavy (non-hydrogen) atoms. The topological polar surface area (TPSA) is 49.6 Å². The van der Waals surface area contributed by atoms with Gasteiger partial charge < -0.3 is 14.6 Å². The Morgan fingerprint density at radius 1 is 1.28 bits per heavy atom. The Kier molecular flexibility index (Phi) is 7.66. The van der Waals surface area contributed by atoms with Gasteiger partial charge in [-0.1, -0.05) is 36.7 Å². The fourth-order valence-electron chi connectivity index (χ4n) is 3.52. The maximum absolute atomic E-state index is 12.7. The summed E-state index contributed by atoms with van der Waals surface area (Å²) in [6.45, 7) is 4.36. The predicted molar refractivity (Wildman–Crippen MR) is 120 cm³/mol. The minimum absolute atomic E-state index is 0.131. The molecule has 3 aromatic rings. The fraction of sp³-hybridized carbons (Fsp3) is 0.391. The van der Waals surface area contributed by atoms with E-state index in [1.807, 2.05) is 48.0 Å². The number of halogens is 4. The Hall–Kier alpha value is -2.74. The monoisotopic (exact) mass is 466 g/mol. The Morgan fingerprint density at radius 3 is 2.75 bits per heavy atom. The van der Waals surface area contributed by atoms with E-state index in [1.54, 1.807) is 24.1 Å². The lowest BCUT2D eigenvalue weighted by atomic mass is 10.0. The molecular formula is C23H26ClF3N4O. The van der Waals surface area contributed by atoms with Crippen LogP contribution in [0.2, 0.25) is 5.02 Å². The van der Waals surface area contributed by atoms with Gasteiger partial charge in [-0.3, -0.25) is 0 Å². The number of nitrogens with one attached hydrogen (secondary N) is 1. The van der Waals surface area contributed by atoms with Gasteiger partial charge in [0.25, 0.3) is 0 Å². The van der Waals surface area contributed by atoms with Crippen molar-refractivity contribution in [2.24, 2.45) is 0 Å². The number of urea groups is 1. The van der Waals surface area contributed by atoms with Crippen molar-refractivity contribution >= 4 is 23.3 Å². The van der Waals surface area contributed by atoms with Crippen molar-refractivity contribution in [3.8, 4) is 11.1 Å². The van der Waals surface area contributed by atoms with Crippen LogP contribution in [0.25, 0.3) is 16.8 Å². The number of rotatable bonds is 8. The number of pyridine rings is 1. The summed E-state index contributed by atoms with van der Waals surface area (Å²) in [5.74, 6) is 0. The zero-order valence-corrected chi connectivity index (χ0v) is 18.7. The van der Waals surface area contributed by atoms with E-state index in [9.17, 15) is 18.0 Å². The fourth-order valence-corrected chi connectivity index (χ4v) is 3.77. The molecule has 0 aliphatic carbocycles. The van der Waals surface area contributed by atoms with Crippen molar-refractivity contribution < 1.29 is 18.0 Å². The van der Waals surface area contributed by atoms with Crippen LogP contribution in [0.5, 0.6) is 0 Å². The molecule has 0 radical (unpaired) electrons. The standard InChI is InChI=1S/C23H26ClF3N4O/c1-3-18(8-9-23(25,26)27)29-22(32)30(4-2)14-16-6-5-7-17(12-16)19-15-31-11-10-28-21(31)13-20(19)24/h5-7,10-13,15,18H,3-4,8-9,14H2,1-2H3,(H,29,32). The first kappa shape index (κ1) is 23.9. The van der Waals surface area contributed by atoms with Crippen molar-refractivity contribution in [3.63, 3.8) is 0 Å². The molecule has 2 aromatic heterocycles. The molecule has 1 N–H and O–H groups in total. The van der Waals surface area contributed by atoms with Crippen LogP contribution >= 0.6 is 11.6 Å². The number of carbonyl (C=O) groups excluding carboxylic acids is 1. The first-order valence-corrected chi connectivity index (χ1v) is 10.9. The first-order chi connectivity index (χ1) is 15.2. The molecule has 9 heteroatoms. The summed E-state index contributed by atoms with van der Waals surface area (Å²) in [5, 5.41) is 3.31. The second-order valence-corrected chi connectivity index (χ2v) is 8.06. The number of nitrogens with zero attached hydrogens (tertiary/aromatic N) is 3. The van der Waals surface area contributed by atoms with Crippen LogP contribution in [0.3, 0.4) is 0 Å². The minimum Gasteiger partial charge on any atom is -0.335 e. The Balaban J connectivity index is 1.72. The lowest BCUT2D eigenvalue weighted by Crippen LogP contribution is -2.44. The van der Waals surface area contributed by atoms with Gasteiger partial charge in [-0.2, -0.15) is 13.2 Å². The van der Waals surface area contributed by atoms with Gasteiger partial charge in [-0.15, -0.1) is 0 Å². The molecule has 2 heterocycles. The molecule has 172 valence electrons. The molecule has 0 saturated carbocycles. The van der Waals surface area contributed by atoms with E-state index in [2.05, 4.69) is 10.3 Å². The number of aromatic nitrogens is 2.